The number of benzene rings is 2. The van der Waals surface area contributed by atoms with Crippen LogP contribution < -0.4 is 15.0 Å². The molecule has 1 aliphatic rings. The molecule has 0 unspecified atom stereocenters. The van der Waals surface area contributed by atoms with Crippen molar-refractivity contribution in [2.75, 3.05) is 23.3 Å². The van der Waals surface area contributed by atoms with E-state index in [4.69, 9.17) is 9.72 Å². The smallest absolute Gasteiger partial charge is 0.248 e. The minimum atomic E-state index is -0.164. The summed E-state index contributed by atoms with van der Waals surface area (Å²) in [6.45, 7) is 8.25. The van der Waals surface area contributed by atoms with Gasteiger partial charge >= 0.3 is 0 Å². The number of amides is 1. The van der Waals surface area contributed by atoms with Gasteiger partial charge in [-0.3, -0.25) is 4.79 Å². The van der Waals surface area contributed by atoms with Gasteiger partial charge in [-0.05, 0) is 93.6 Å². The summed E-state index contributed by atoms with van der Waals surface area (Å²) in [5, 5.41) is 4.02. The molecule has 1 aliphatic heterocycles. The molecule has 0 radical (unpaired) electrons. The summed E-state index contributed by atoms with van der Waals surface area (Å²) in [5.74, 6) is 1.71. The van der Waals surface area contributed by atoms with Crippen molar-refractivity contribution in [2.45, 2.75) is 46.1 Å². The van der Waals surface area contributed by atoms with E-state index in [-0.39, 0.29) is 12.0 Å². The van der Waals surface area contributed by atoms with E-state index in [1.54, 1.807) is 12.2 Å². The van der Waals surface area contributed by atoms with Crippen LogP contribution in [0.25, 0.3) is 17.0 Å². The Morgan fingerprint density at radius 1 is 1.06 bits per heavy atom. The maximum atomic E-state index is 12.4. The Bertz CT molecular complexity index is 1110. The fraction of sp³-hybridized carbons (Fsp3) is 0.333. The van der Waals surface area contributed by atoms with Gasteiger partial charge < -0.3 is 15.0 Å². The van der Waals surface area contributed by atoms with Crippen molar-refractivity contribution < 1.29 is 9.53 Å². The van der Waals surface area contributed by atoms with Gasteiger partial charge in [-0.15, -0.1) is 0 Å². The van der Waals surface area contributed by atoms with Gasteiger partial charge in [0, 0.05) is 30.2 Å². The van der Waals surface area contributed by atoms with Crippen molar-refractivity contribution in [1.82, 2.24) is 4.98 Å². The molecule has 0 spiro atoms. The number of piperidine rings is 1. The number of aryl methyl sites for hydroxylation is 1. The van der Waals surface area contributed by atoms with Gasteiger partial charge in [0.15, 0.2) is 0 Å². The molecule has 3 aromatic rings. The van der Waals surface area contributed by atoms with Crippen LogP contribution >= 0.6 is 0 Å². The number of nitrogens with one attached hydrogen (secondary N) is 1. The number of anilines is 2. The molecule has 5 heteroatoms. The molecular weight excluding hydrogens is 398 g/mol. The zero-order chi connectivity index (χ0) is 22.5. The van der Waals surface area contributed by atoms with Crippen LogP contribution in [-0.4, -0.2) is 30.1 Å². The number of hydrogen-bond donors (Lipinski definition) is 1. The number of ether oxygens (including phenoxy) is 1. The first-order valence-electron chi connectivity index (χ1n) is 11.4. The second-order valence-corrected chi connectivity index (χ2v) is 8.64. The average molecular weight is 430 g/mol. The Kier molecular flexibility index (Phi) is 6.74. The standard InChI is InChI=1S/C27H31N3O2/c1-19(2)32-23-11-7-21(8-12-23)9-14-27(31)28-22-10-13-25-24(18-22)20(3)17-26(29-25)30-15-5-4-6-16-30/h7-14,17-19H,4-6,15-16H2,1-3H3,(H,28,31). The van der Waals surface area contributed by atoms with Gasteiger partial charge in [0.25, 0.3) is 0 Å². The van der Waals surface area contributed by atoms with Crippen molar-refractivity contribution in [1.29, 1.82) is 0 Å². The highest BCUT2D eigenvalue weighted by Gasteiger charge is 2.14. The Morgan fingerprint density at radius 3 is 2.53 bits per heavy atom. The largest absolute Gasteiger partial charge is 0.491 e. The number of nitrogens with zero attached hydrogens (tertiary/aromatic N) is 2. The van der Waals surface area contributed by atoms with Gasteiger partial charge in [-0.2, -0.15) is 0 Å². The molecule has 0 bridgehead atoms. The first kappa shape index (κ1) is 21.9. The van der Waals surface area contributed by atoms with Gasteiger partial charge in [-0.25, -0.2) is 4.98 Å². The van der Waals surface area contributed by atoms with Crippen molar-refractivity contribution in [3.05, 3.63) is 65.7 Å². The minimum Gasteiger partial charge on any atom is -0.491 e. The minimum absolute atomic E-state index is 0.138. The lowest BCUT2D eigenvalue weighted by Crippen LogP contribution is -2.30. The van der Waals surface area contributed by atoms with Crippen molar-refractivity contribution >= 4 is 34.4 Å². The lowest BCUT2D eigenvalue weighted by molar-refractivity contribution is -0.111. The Balaban J connectivity index is 1.43. The molecule has 2 aromatic carbocycles. The molecular formula is C27H31N3O2. The Labute approximate surface area is 190 Å². The van der Waals surface area contributed by atoms with E-state index in [1.807, 2.05) is 56.3 Å². The van der Waals surface area contributed by atoms with Gasteiger partial charge in [0.1, 0.15) is 11.6 Å². The Hall–Kier alpha value is -3.34. The number of aromatic nitrogens is 1. The maximum absolute atomic E-state index is 12.4. The van der Waals surface area contributed by atoms with Crippen LogP contribution in [0.3, 0.4) is 0 Å². The summed E-state index contributed by atoms with van der Waals surface area (Å²) >= 11 is 0. The van der Waals surface area contributed by atoms with E-state index in [0.29, 0.717) is 0 Å². The zero-order valence-electron chi connectivity index (χ0n) is 19.1. The third-order valence-corrected chi connectivity index (χ3v) is 5.63. The highest BCUT2D eigenvalue weighted by molar-refractivity contribution is 6.03. The topological polar surface area (TPSA) is 54.5 Å². The second kappa shape index (κ2) is 9.86. The first-order valence-corrected chi connectivity index (χ1v) is 11.4. The maximum Gasteiger partial charge on any atom is 0.248 e. The summed E-state index contributed by atoms with van der Waals surface area (Å²) in [7, 11) is 0. The zero-order valence-corrected chi connectivity index (χ0v) is 19.1. The first-order chi connectivity index (χ1) is 15.5. The second-order valence-electron chi connectivity index (χ2n) is 8.64. The van der Waals surface area contributed by atoms with Crippen LogP contribution in [0, 0.1) is 6.92 Å². The molecule has 0 atom stereocenters. The number of carbonyl (C=O) groups is 1. The van der Waals surface area contributed by atoms with E-state index in [2.05, 4.69) is 23.2 Å². The summed E-state index contributed by atoms with van der Waals surface area (Å²) in [6.07, 6.45) is 7.25. The van der Waals surface area contributed by atoms with Crippen LogP contribution in [0.1, 0.15) is 44.2 Å². The van der Waals surface area contributed by atoms with E-state index >= 15 is 0 Å². The molecule has 1 saturated heterocycles. The summed E-state index contributed by atoms with van der Waals surface area (Å²) in [5.41, 5.74) is 3.84. The fourth-order valence-electron chi connectivity index (χ4n) is 4.02. The molecule has 1 fully saturated rings. The molecule has 5 nitrogen and oxygen atoms in total. The number of rotatable bonds is 6. The number of carbonyl (C=O) groups excluding carboxylic acids is 1. The monoisotopic (exact) mass is 429 g/mol. The molecule has 1 N–H and O–H groups in total. The number of hydrogen-bond acceptors (Lipinski definition) is 4. The van der Waals surface area contributed by atoms with Gasteiger partial charge in [-0.1, -0.05) is 12.1 Å². The predicted molar refractivity (Wildman–Crippen MR) is 132 cm³/mol. The summed E-state index contributed by atoms with van der Waals surface area (Å²) < 4.78 is 5.65. The molecule has 0 saturated carbocycles. The van der Waals surface area contributed by atoms with Crippen molar-refractivity contribution in [2.24, 2.45) is 0 Å². The molecule has 0 aliphatic carbocycles. The van der Waals surface area contributed by atoms with Crippen LogP contribution in [-0.2, 0) is 4.79 Å². The molecule has 1 aromatic heterocycles. The lowest BCUT2D eigenvalue weighted by Gasteiger charge is -2.28. The van der Waals surface area contributed by atoms with Crippen LogP contribution in [0.2, 0.25) is 0 Å². The fourth-order valence-corrected chi connectivity index (χ4v) is 4.02. The van der Waals surface area contributed by atoms with Crippen molar-refractivity contribution in [3.8, 4) is 5.75 Å². The molecule has 32 heavy (non-hydrogen) atoms. The van der Waals surface area contributed by atoms with E-state index in [1.165, 1.54) is 24.8 Å². The molecule has 4 rings (SSSR count). The third kappa shape index (κ3) is 5.47. The van der Waals surface area contributed by atoms with Gasteiger partial charge in [0.05, 0.1) is 11.6 Å². The predicted octanol–water partition coefficient (Wildman–Crippen LogP) is 5.97. The van der Waals surface area contributed by atoms with Gasteiger partial charge in [0.2, 0.25) is 5.91 Å². The molecule has 1 amide bonds. The van der Waals surface area contributed by atoms with Crippen molar-refractivity contribution in [3.63, 3.8) is 0 Å². The van der Waals surface area contributed by atoms with Crippen LogP contribution in [0.5, 0.6) is 5.75 Å². The third-order valence-electron chi connectivity index (χ3n) is 5.63. The van der Waals surface area contributed by atoms with E-state index in [0.717, 1.165) is 46.8 Å². The summed E-state index contributed by atoms with van der Waals surface area (Å²) in [6, 6.07) is 15.8. The van der Waals surface area contributed by atoms with Crippen LogP contribution in [0.15, 0.2) is 54.6 Å². The van der Waals surface area contributed by atoms with E-state index in [9.17, 15) is 4.79 Å². The highest BCUT2D eigenvalue weighted by atomic mass is 16.5. The quantitative estimate of drug-likeness (QED) is 0.490. The highest BCUT2D eigenvalue weighted by Crippen LogP contribution is 2.27. The molecule has 2 heterocycles. The van der Waals surface area contributed by atoms with E-state index < -0.39 is 0 Å². The lowest BCUT2D eigenvalue weighted by atomic mass is 10.1. The normalized spacial score (nSPS) is 14.3. The average Bonchev–Trinajstić information content (AvgIpc) is 2.79. The summed E-state index contributed by atoms with van der Waals surface area (Å²) in [4.78, 5) is 19.7. The Morgan fingerprint density at radius 2 is 1.81 bits per heavy atom. The molecule has 166 valence electrons. The number of fused-ring (bicyclic) bond motifs is 1. The van der Waals surface area contributed by atoms with Crippen LogP contribution in [0.4, 0.5) is 11.5 Å². The SMILES string of the molecule is Cc1cc(N2CCCCC2)nc2ccc(NC(=O)C=Cc3ccc(OC(C)C)cc3)cc12. The number of pyridine rings is 1.